The highest BCUT2D eigenvalue weighted by Gasteiger charge is 2.06. The van der Waals surface area contributed by atoms with E-state index in [1.165, 1.54) is 6.07 Å². The van der Waals surface area contributed by atoms with E-state index in [2.05, 4.69) is 5.32 Å². The summed E-state index contributed by atoms with van der Waals surface area (Å²) in [5.74, 6) is 0.282. The van der Waals surface area contributed by atoms with E-state index >= 15 is 0 Å². The minimum atomic E-state index is -0.404. The lowest BCUT2D eigenvalue weighted by atomic mass is 10.2. The van der Waals surface area contributed by atoms with Gasteiger partial charge >= 0.3 is 0 Å². The Kier molecular flexibility index (Phi) is 5.99. The van der Waals surface area contributed by atoms with Crippen LogP contribution in [0.5, 0.6) is 11.5 Å². The number of methoxy groups -OCH3 is 1. The van der Waals surface area contributed by atoms with Crippen LogP contribution in [0.2, 0.25) is 5.02 Å². The number of hydrogen-bond acceptors (Lipinski definition) is 3. The number of hydrogen-bond donors (Lipinski definition) is 1. The Hall–Kier alpha value is -1.62. The number of rotatable bonds is 7. The van der Waals surface area contributed by atoms with Gasteiger partial charge in [-0.05, 0) is 29.8 Å². The van der Waals surface area contributed by atoms with Gasteiger partial charge in [0.15, 0.2) is 11.6 Å². The Morgan fingerprint density at radius 1 is 1.19 bits per heavy atom. The van der Waals surface area contributed by atoms with Crippen molar-refractivity contribution in [2.24, 2.45) is 0 Å². The lowest BCUT2D eigenvalue weighted by Gasteiger charge is -2.10. The molecular weight excluding hydrogens is 293 g/mol. The van der Waals surface area contributed by atoms with Gasteiger partial charge in [0.1, 0.15) is 5.75 Å². The molecule has 2 aromatic rings. The first-order valence-corrected chi connectivity index (χ1v) is 6.99. The Labute approximate surface area is 128 Å². The zero-order chi connectivity index (χ0) is 15.1. The smallest absolute Gasteiger partial charge is 0.165 e. The molecule has 0 fully saturated rings. The van der Waals surface area contributed by atoms with Crippen LogP contribution in [0.4, 0.5) is 4.39 Å². The molecule has 0 unspecified atom stereocenters. The van der Waals surface area contributed by atoms with E-state index in [0.29, 0.717) is 23.9 Å². The topological polar surface area (TPSA) is 30.5 Å². The van der Waals surface area contributed by atoms with Crippen LogP contribution in [0, 0.1) is 5.82 Å². The molecule has 0 amide bonds. The third-order valence-corrected chi connectivity index (χ3v) is 3.24. The summed E-state index contributed by atoms with van der Waals surface area (Å²) in [5, 5.41) is 3.79. The van der Waals surface area contributed by atoms with Crippen molar-refractivity contribution in [2.45, 2.75) is 6.54 Å². The second kappa shape index (κ2) is 7.98. The van der Waals surface area contributed by atoms with Crippen LogP contribution in [-0.4, -0.2) is 20.3 Å². The SMILES string of the molecule is COCCNCc1ccc(Oc2ccccc2F)cc1Cl. The van der Waals surface area contributed by atoms with Gasteiger partial charge in [0, 0.05) is 25.2 Å². The van der Waals surface area contributed by atoms with E-state index in [4.69, 9.17) is 21.1 Å². The molecule has 0 aliphatic heterocycles. The fourth-order valence-electron chi connectivity index (χ4n) is 1.79. The Morgan fingerprint density at radius 3 is 2.71 bits per heavy atom. The lowest BCUT2D eigenvalue weighted by molar-refractivity contribution is 0.199. The molecule has 0 spiro atoms. The predicted octanol–water partition coefficient (Wildman–Crippen LogP) is 4.01. The summed E-state index contributed by atoms with van der Waals surface area (Å²) in [5.41, 5.74) is 0.952. The highest BCUT2D eigenvalue weighted by atomic mass is 35.5. The Balaban J connectivity index is 2.00. The van der Waals surface area contributed by atoms with Crippen LogP contribution in [-0.2, 0) is 11.3 Å². The van der Waals surface area contributed by atoms with Gasteiger partial charge in [-0.2, -0.15) is 0 Å². The van der Waals surface area contributed by atoms with Crippen LogP contribution in [0.15, 0.2) is 42.5 Å². The average molecular weight is 310 g/mol. The maximum atomic E-state index is 13.5. The van der Waals surface area contributed by atoms with Crippen LogP contribution in [0.25, 0.3) is 0 Å². The van der Waals surface area contributed by atoms with Crippen molar-refractivity contribution in [1.82, 2.24) is 5.32 Å². The van der Waals surface area contributed by atoms with Gasteiger partial charge in [0.25, 0.3) is 0 Å². The number of nitrogens with one attached hydrogen (secondary N) is 1. The average Bonchev–Trinajstić information content (AvgIpc) is 2.48. The summed E-state index contributed by atoms with van der Waals surface area (Å²) in [6.45, 7) is 2.04. The standard InChI is InChI=1S/C16H17ClFNO2/c1-20-9-8-19-11-12-6-7-13(10-14(12)17)21-16-5-3-2-4-15(16)18/h2-7,10,19H,8-9,11H2,1H3. The summed E-state index contributed by atoms with van der Waals surface area (Å²) in [4.78, 5) is 0. The van der Waals surface area contributed by atoms with E-state index in [1.54, 1.807) is 37.4 Å². The monoisotopic (exact) mass is 309 g/mol. The normalized spacial score (nSPS) is 10.6. The Morgan fingerprint density at radius 2 is 2.00 bits per heavy atom. The first kappa shape index (κ1) is 15.8. The third kappa shape index (κ3) is 4.70. The van der Waals surface area contributed by atoms with Crippen molar-refractivity contribution < 1.29 is 13.9 Å². The van der Waals surface area contributed by atoms with Crippen molar-refractivity contribution in [3.05, 3.63) is 58.9 Å². The van der Waals surface area contributed by atoms with Crippen molar-refractivity contribution in [1.29, 1.82) is 0 Å². The van der Waals surface area contributed by atoms with Crippen LogP contribution >= 0.6 is 11.6 Å². The highest BCUT2D eigenvalue weighted by molar-refractivity contribution is 6.31. The van der Waals surface area contributed by atoms with Gasteiger partial charge in [-0.25, -0.2) is 4.39 Å². The van der Waals surface area contributed by atoms with Crippen LogP contribution in [0.3, 0.4) is 0 Å². The minimum absolute atomic E-state index is 0.180. The number of halogens is 2. The van der Waals surface area contributed by atoms with Gasteiger partial charge in [-0.15, -0.1) is 0 Å². The van der Waals surface area contributed by atoms with Crippen molar-refractivity contribution in [2.75, 3.05) is 20.3 Å². The summed E-state index contributed by atoms with van der Waals surface area (Å²) in [6.07, 6.45) is 0. The van der Waals surface area contributed by atoms with E-state index in [-0.39, 0.29) is 5.75 Å². The van der Waals surface area contributed by atoms with Gasteiger partial charge in [-0.1, -0.05) is 29.8 Å². The molecule has 0 saturated carbocycles. The van der Waals surface area contributed by atoms with Gasteiger partial charge in [0.2, 0.25) is 0 Å². The molecule has 5 heteroatoms. The molecule has 21 heavy (non-hydrogen) atoms. The predicted molar refractivity (Wildman–Crippen MR) is 81.5 cm³/mol. The molecule has 0 aromatic heterocycles. The van der Waals surface area contributed by atoms with E-state index in [9.17, 15) is 4.39 Å². The molecule has 112 valence electrons. The maximum absolute atomic E-state index is 13.5. The van der Waals surface area contributed by atoms with Crippen LogP contribution < -0.4 is 10.1 Å². The van der Waals surface area contributed by atoms with Gasteiger partial charge in [-0.3, -0.25) is 0 Å². The molecule has 2 rings (SSSR count). The maximum Gasteiger partial charge on any atom is 0.165 e. The zero-order valence-corrected chi connectivity index (χ0v) is 12.5. The van der Waals surface area contributed by atoms with Crippen molar-refractivity contribution in [3.63, 3.8) is 0 Å². The van der Waals surface area contributed by atoms with Gasteiger partial charge < -0.3 is 14.8 Å². The molecule has 0 heterocycles. The van der Waals surface area contributed by atoms with Crippen LogP contribution in [0.1, 0.15) is 5.56 Å². The summed E-state index contributed by atoms with van der Waals surface area (Å²) >= 11 is 6.20. The molecule has 1 N–H and O–H groups in total. The molecule has 0 radical (unpaired) electrons. The number of benzene rings is 2. The van der Waals surface area contributed by atoms with E-state index < -0.39 is 5.82 Å². The van der Waals surface area contributed by atoms with Crippen molar-refractivity contribution >= 4 is 11.6 Å². The molecule has 2 aromatic carbocycles. The molecule has 0 saturated heterocycles. The fraction of sp³-hybridized carbons (Fsp3) is 0.250. The number of ether oxygens (including phenoxy) is 2. The fourth-order valence-corrected chi connectivity index (χ4v) is 2.02. The second-order valence-electron chi connectivity index (χ2n) is 4.46. The van der Waals surface area contributed by atoms with E-state index in [0.717, 1.165) is 12.1 Å². The highest BCUT2D eigenvalue weighted by Crippen LogP contribution is 2.28. The molecule has 0 aliphatic carbocycles. The van der Waals surface area contributed by atoms with Gasteiger partial charge in [0.05, 0.1) is 6.61 Å². The largest absolute Gasteiger partial charge is 0.454 e. The zero-order valence-electron chi connectivity index (χ0n) is 11.7. The molecule has 0 bridgehead atoms. The summed E-state index contributed by atoms with van der Waals surface area (Å²) in [7, 11) is 1.66. The lowest BCUT2D eigenvalue weighted by Crippen LogP contribution is -2.18. The number of para-hydroxylation sites is 1. The van der Waals surface area contributed by atoms with Crippen molar-refractivity contribution in [3.8, 4) is 11.5 Å². The Bertz CT molecular complexity index is 592. The summed E-state index contributed by atoms with van der Waals surface area (Å²) in [6, 6.07) is 11.6. The third-order valence-electron chi connectivity index (χ3n) is 2.89. The molecule has 0 atom stereocenters. The van der Waals surface area contributed by atoms with E-state index in [1.807, 2.05) is 6.07 Å². The molecular formula is C16H17ClFNO2. The quantitative estimate of drug-likeness (QED) is 0.784. The summed E-state index contributed by atoms with van der Waals surface area (Å²) < 4.78 is 24.0. The first-order chi connectivity index (χ1) is 10.2. The first-order valence-electron chi connectivity index (χ1n) is 6.61. The second-order valence-corrected chi connectivity index (χ2v) is 4.86. The molecule has 0 aliphatic rings. The minimum Gasteiger partial charge on any atom is -0.454 e. The molecule has 3 nitrogen and oxygen atoms in total.